The zero-order chi connectivity index (χ0) is 2.83. The maximum absolute atomic E-state index is 4.47. The van der Waals surface area contributed by atoms with Gasteiger partial charge in [-0.3, -0.25) is 0 Å². The number of ether oxygens (including phenoxy) is 1. The lowest BCUT2D eigenvalue weighted by Gasteiger charge is -2.06. The predicted octanol–water partition coefficient (Wildman–Crippen LogP) is 0.445. The number of rotatable bonds is 0. The van der Waals surface area contributed by atoms with Crippen molar-refractivity contribution >= 4 is 0 Å². The van der Waals surface area contributed by atoms with Gasteiger partial charge < -0.3 is 4.74 Å². The van der Waals surface area contributed by atoms with Crippen molar-refractivity contribution < 1.29 is 4.74 Å². The lowest BCUT2D eigenvalue weighted by atomic mass is 10.4. The highest BCUT2D eigenvalue weighted by Crippen LogP contribution is 2.00. The topological polar surface area (TPSA) is 9.23 Å². The van der Waals surface area contributed by atoms with E-state index < -0.39 is 0 Å². The monoisotopic (exact) mass is 56.0 g/mol. The maximum Gasteiger partial charge on any atom is 0.134 e. The Hall–Kier alpha value is -0.0400. The van der Waals surface area contributed by atoms with Crippen LogP contribution in [-0.2, 0) is 4.74 Å². The SMILES string of the molecule is [C]1CCO1. The molecular weight excluding hydrogens is 52.0 g/mol. The minimum atomic E-state index is 0.889. The molecule has 0 aromatic carbocycles. The molecule has 4 heavy (non-hydrogen) atoms. The standard InChI is InChI=1S/C3H4O/c1-2-4-3-1/h1-2H2. The van der Waals surface area contributed by atoms with E-state index in [0.29, 0.717) is 0 Å². The number of hydrogen-bond donors (Lipinski definition) is 0. The summed E-state index contributed by atoms with van der Waals surface area (Å²) in [4.78, 5) is 0. The minimum Gasteiger partial charge on any atom is -0.368 e. The molecule has 1 aliphatic rings. The smallest absolute Gasteiger partial charge is 0.134 e. The van der Waals surface area contributed by atoms with Gasteiger partial charge in [-0.25, -0.2) is 0 Å². The molecule has 1 fully saturated rings. The summed E-state index contributed by atoms with van der Waals surface area (Å²) in [7, 11) is 0. The molecule has 1 nitrogen and oxygen atoms in total. The van der Waals surface area contributed by atoms with Gasteiger partial charge in [-0.05, 0) is 0 Å². The maximum atomic E-state index is 4.47. The molecule has 0 aliphatic carbocycles. The quantitative estimate of drug-likeness (QED) is 0.391. The molecule has 1 saturated heterocycles. The van der Waals surface area contributed by atoms with E-state index in [1.165, 1.54) is 0 Å². The van der Waals surface area contributed by atoms with Crippen molar-refractivity contribution in [3.63, 3.8) is 0 Å². The Bertz CT molecular complexity index is 11.2. The van der Waals surface area contributed by atoms with Gasteiger partial charge in [0.2, 0.25) is 0 Å². The summed E-state index contributed by atoms with van der Waals surface area (Å²) in [6.07, 6.45) is 1.03. The Balaban J connectivity index is 2.00. The van der Waals surface area contributed by atoms with Gasteiger partial charge in [0.1, 0.15) is 6.61 Å². The van der Waals surface area contributed by atoms with E-state index >= 15 is 0 Å². The van der Waals surface area contributed by atoms with Crippen molar-refractivity contribution in [1.82, 2.24) is 0 Å². The Morgan fingerprint density at radius 1 is 1.75 bits per heavy atom. The van der Waals surface area contributed by atoms with E-state index in [0.717, 1.165) is 13.0 Å². The number of hydrogen-bond acceptors (Lipinski definition) is 1. The summed E-state index contributed by atoms with van der Waals surface area (Å²) >= 11 is 0. The van der Waals surface area contributed by atoms with Crippen molar-refractivity contribution in [2.24, 2.45) is 0 Å². The largest absolute Gasteiger partial charge is 0.368 e. The Morgan fingerprint density at radius 3 is 2.00 bits per heavy atom. The first-order valence-corrected chi connectivity index (χ1v) is 1.35. The van der Waals surface area contributed by atoms with Crippen LogP contribution in [0, 0.1) is 6.61 Å². The van der Waals surface area contributed by atoms with Crippen molar-refractivity contribution in [2.75, 3.05) is 6.61 Å². The van der Waals surface area contributed by atoms with Gasteiger partial charge in [-0.15, -0.1) is 0 Å². The Morgan fingerprint density at radius 2 is 2.00 bits per heavy atom. The van der Waals surface area contributed by atoms with Gasteiger partial charge in [-0.2, -0.15) is 0 Å². The van der Waals surface area contributed by atoms with Crippen LogP contribution in [0.5, 0.6) is 0 Å². The fraction of sp³-hybridized carbons (Fsp3) is 0.667. The molecule has 22 valence electrons. The first-order valence-electron chi connectivity index (χ1n) is 1.35. The average Bonchev–Trinajstić information content (AvgIpc) is 0.722. The van der Waals surface area contributed by atoms with Crippen LogP contribution >= 0.6 is 0 Å². The zero-order valence-electron chi connectivity index (χ0n) is 2.32. The molecule has 1 aliphatic heterocycles. The molecule has 0 aromatic rings. The molecular formula is C3H4O. The Labute approximate surface area is 25.6 Å². The van der Waals surface area contributed by atoms with E-state index in [2.05, 4.69) is 11.3 Å². The second-order valence-electron chi connectivity index (χ2n) is 0.743. The minimum absolute atomic E-state index is 0.889. The van der Waals surface area contributed by atoms with Crippen LogP contribution in [0.15, 0.2) is 0 Å². The van der Waals surface area contributed by atoms with Crippen molar-refractivity contribution in [2.45, 2.75) is 6.42 Å². The summed E-state index contributed by atoms with van der Waals surface area (Å²) in [5.41, 5.74) is 0. The molecule has 1 heterocycles. The summed E-state index contributed by atoms with van der Waals surface area (Å²) in [5, 5.41) is 0. The zero-order valence-corrected chi connectivity index (χ0v) is 2.32. The third kappa shape index (κ3) is 0.115. The molecule has 1 rings (SSSR count). The fourth-order valence-electron chi connectivity index (χ4n) is 0.102. The van der Waals surface area contributed by atoms with E-state index in [-0.39, 0.29) is 0 Å². The van der Waals surface area contributed by atoms with Crippen LogP contribution in [0.3, 0.4) is 0 Å². The van der Waals surface area contributed by atoms with Gasteiger partial charge >= 0.3 is 0 Å². The summed E-state index contributed by atoms with van der Waals surface area (Å²) < 4.78 is 4.47. The van der Waals surface area contributed by atoms with Crippen LogP contribution in [0.2, 0.25) is 0 Å². The van der Waals surface area contributed by atoms with E-state index in [9.17, 15) is 0 Å². The summed E-state index contributed by atoms with van der Waals surface area (Å²) in [5.74, 6) is 0. The van der Waals surface area contributed by atoms with Gasteiger partial charge in [0.25, 0.3) is 0 Å². The molecule has 0 spiro atoms. The highest BCUT2D eigenvalue weighted by Gasteiger charge is 1.97. The molecule has 0 N–H and O–H groups in total. The molecule has 0 atom stereocenters. The van der Waals surface area contributed by atoms with Crippen LogP contribution in [0.1, 0.15) is 6.42 Å². The lowest BCUT2D eigenvalue weighted by molar-refractivity contribution is 0.105. The third-order valence-electron chi connectivity index (χ3n) is 0.408. The molecule has 0 saturated carbocycles. The van der Waals surface area contributed by atoms with E-state index in [4.69, 9.17) is 0 Å². The second kappa shape index (κ2) is 0.725. The highest BCUT2D eigenvalue weighted by molar-refractivity contribution is 4.58. The van der Waals surface area contributed by atoms with E-state index in [1.54, 1.807) is 0 Å². The van der Waals surface area contributed by atoms with Gasteiger partial charge in [-0.1, -0.05) is 0 Å². The first-order chi connectivity index (χ1) is 2.00. The van der Waals surface area contributed by atoms with Gasteiger partial charge in [0, 0.05) is 6.42 Å². The normalized spacial score (nSPS) is 24.0. The van der Waals surface area contributed by atoms with Gasteiger partial charge in [0.05, 0.1) is 6.61 Å². The molecule has 1 heteroatoms. The van der Waals surface area contributed by atoms with Crippen molar-refractivity contribution in [3.8, 4) is 0 Å². The lowest BCUT2D eigenvalue weighted by Crippen LogP contribution is -2.02. The van der Waals surface area contributed by atoms with E-state index in [1.807, 2.05) is 0 Å². The molecule has 0 bridgehead atoms. The average molecular weight is 56.1 g/mol. The highest BCUT2D eigenvalue weighted by atomic mass is 16.5. The second-order valence-corrected chi connectivity index (χ2v) is 0.743. The van der Waals surface area contributed by atoms with Crippen LogP contribution in [0.25, 0.3) is 0 Å². The molecule has 0 amide bonds. The Kier molecular flexibility index (Phi) is 0.401. The molecule has 0 unspecified atom stereocenters. The molecule has 0 aromatic heterocycles. The predicted molar refractivity (Wildman–Crippen MR) is 13.8 cm³/mol. The third-order valence-corrected chi connectivity index (χ3v) is 0.408. The molecule has 2 radical (unpaired) electrons. The van der Waals surface area contributed by atoms with Crippen LogP contribution in [0.4, 0.5) is 0 Å². The summed E-state index contributed by atoms with van der Waals surface area (Å²) in [6, 6.07) is 0. The van der Waals surface area contributed by atoms with Gasteiger partial charge in [0.15, 0.2) is 0 Å². The van der Waals surface area contributed by atoms with Crippen LogP contribution in [-0.4, -0.2) is 6.61 Å². The van der Waals surface area contributed by atoms with Crippen molar-refractivity contribution in [3.05, 3.63) is 6.61 Å². The van der Waals surface area contributed by atoms with Crippen LogP contribution < -0.4 is 0 Å². The first kappa shape index (κ1) is 2.21. The fourth-order valence-corrected chi connectivity index (χ4v) is 0.102. The van der Waals surface area contributed by atoms with Crippen molar-refractivity contribution in [1.29, 1.82) is 0 Å². The summed E-state index contributed by atoms with van der Waals surface area (Å²) in [6.45, 7) is 3.50.